The van der Waals surface area contributed by atoms with E-state index in [9.17, 15) is 4.79 Å². The normalized spacial score (nSPS) is 10.4. The number of benzene rings is 1. The summed E-state index contributed by atoms with van der Waals surface area (Å²) in [6, 6.07) is 8.92. The summed E-state index contributed by atoms with van der Waals surface area (Å²) in [5.74, 6) is 0.313. The first-order valence-corrected chi connectivity index (χ1v) is 6.09. The van der Waals surface area contributed by atoms with Gasteiger partial charge < -0.3 is 14.7 Å². The lowest BCUT2D eigenvalue weighted by Crippen LogP contribution is -2.22. The maximum absolute atomic E-state index is 12.0. The second-order valence-electron chi connectivity index (χ2n) is 4.22. The lowest BCUT2D eigenvalue weighted by molar-refractivity contribution is 0.0951. The number of rotatable bonds is 4. The van der Waals surface area contributed by atoms with Gasteiger partial charge in [0.2, 0.25) is 12.3 Å². The molecule has 6 nitrogen and oxygen atoms in total. The van der Waals surface area contributed by atoms with Gasteiger partial charge in [0.1, 0.15) is 0 Å². The van der Waals surface area contributed by atoms with E-state index in [-0.39, 0.29) is 5.91 Å². The second-order valence-corrected chi connectivity index (χ2v) is 4.22. The van der Waals surface area contributed by atoms with Crippen molar-refractivity contribution in [2.24, 2.45) is 0 Å². The third-order valence-electron chi connectivity index (χ3n) is 2.87. The molecule has 3 aromatic rings. The van der Waals surface area contributed by atoms with Gasteiger partial charge in [0.25, 0.3) is 5.91 Å². The molecule has 100 valence electrons. The number of carbonyl (C=O) groups excluding carboxylic acids is 1. The van der Waals surface area contributed by atoms with Gasteiger partial charge in [-0.25, -0.2) is 0 Å². The molecule has 0 atom stereocenters. The van der Waals surface area contributed by atoms with Gasteiger partial charge in [-0.3, -0.25) is 4.79 Å². The molecular weight excluding hydrogens is 256 g/mol. The van der Waals surface area contributed by atoms with Gasteiger partial charge in [0.05, 0.1) is 0 Å². The minimum Gasteiger partial charge on any atom is -0.423 e. The van der Waals surface area contributed by atoms with Crippen LogP contribution in [0.5, 0.6) is 0 Å². The summed E-state index contributed by atoms with van der Waals surface area (Å²) >= 11 is 0. The number of hydrogen-bond donors (Lipinski definition) is 2. The fourth-order valence-electron chi connectivity index (χ4n) is 1.82. The summed E-state index contributed by atoms with van der Waals surface area (Å²) < 4.78 is 5.09. The van der Waals surface area contributed by atoms with Crippen LogP contribution in [0.2, 0.25) is 0 Å². The van der Waals surface area contributed by atoms with E-state index in [0.717, 1.165) is 11.1 Å². The number of hydrogen-bond acceptors (Lipinski definition) is 4. The van der Waals surface area contributed by atoms with Crippen LogP contribution >= 0.6 is 0 Å². The minimum absolute atomic E-state index is 0.122. The van der Waals surface area contributed by atoms with Crippen LogP contribution in [0.4, 0.5) is 0 Å². The first-order valence-electron chi connectivity index (χ1n) is 6.09. The summed E-state index contributed by atoms with van der Waals surface area (Å²) in [6.07, 6.45) is 4.94. The molecule has 2 aromatic heterocycles. The minimum atomic E-state index is -0.122. The zero-order valence-electron chi connectivity index (χ0n) is 10.5. The van der Waals surface area contributed by atoms with Crippen molar-refractivity contribution < 1.29 is 9.21 Å². The van der Waals surface area contributed by atoms with Gasteiger partial charge >= 0.3 is 0 Å². The van der Waals surface area contributed by atoms with E-state index in [1.165, 1.54) is 6.39 Å². The van der Waals surface area contributed by atoms with Crippen molar-refractivity contribution in [1.82, 2.24) is 20.5 Å². The van der Waals surface area contributed by atoms with Gasteiger partial charge in [0, 0.05) is 30.1 Å². The van der Waals surface area contributed by atoms with Gasteiger partial charge in [0.15, 0.2) is 0 Å². The number of nitrogens with zero attached hydrogens (tertiary/aromatic N) is 2. The molecule has 0 aliphatic heterocycles. The van der Waals surface area contributed by atoms with E-state index in [4.69, 9.17) is 4.42 Å². The van der Waals surface area contributed by atoms with E-state index in [1.807, 2.05) is 18.5 Å². The molecule has 0 radical (unpaired) electrons. The molecule has 0 aliphatic rings. The van der Waals surface area contributed by atoms with Crippen molar-refractivity contribution in [3.63, 3.8) is 0 Å². The van der Waals surface area contributed by atoms with Crippen LogP contribution in [-0.2, 0) is 6.54 Å². The topological polar surface area (TPSA) is 83.8 Å². The predicted molar refractivity (Wildman–Crippen MR) is 71.7 cm³/mol. The van der Waals surface area contributed by atoms with Crippen LogP contribution in [0, 0.1) is 0 Å². The molecule has 1 aromatic carbocycles. The summed E-state index contributed by atoms with van der Waals surface area (Å²) in [5, 5.41) is 10.3. The molecule has 0 saturated carbocycles. The second kappa shape index (κ2) is 5.40. The van der Waals surface area contributed by atoms with Crippen LogP contribution in [0.25, 0.3) is 11.5 Å². The van der Waals surface area contributed by atoms with E-state index in [0.29, 0.717) is 18.0 Å². The third-order valence-corrected chi connectivity index (χ3v) is 2.87. The number of aromatic nitrogens is 3. The largest absolute Gasteiger partial charge is 0.423 e. The van der Waals surface area contributed by atoms with Crippen molar-refractivity contribution in [2.45, 2.75) is 6.54 Å². The quantitative estimate of drug-likeness (QED) is 0.758. The smallest absolute Gasteiger partial charge is 0.251 e. The Morgan fingerprint density at radius 2 is 2.10 bits per heavy atom. The molecule has 0 aliphatic carbocycles. The van der Waals surface area contributed by atoms with E-state index in [2.05, 4.69) is 20.5 Å². The lowest BCUT2D eigenvalue weighted by atomic mass is 10.1. The van der Waals surface area contributed by atoms with Crippen molar-refractivity contribution in [3.8, 4) is 11.5 Å². The first-order chi connectivity index (χ1) is 9.83. The molecule has 0 unspecified atom stereocenters. The summed E-state index contributed by atoms with van der Waals surface area (Å²) in [4.78, 5) is 14.9. The first kappa shape index (κ1) is 12.2. The maximum Gasteiger partial charge on any atom is 0.251 e. The van der Waals surface area contributed by atoms with Crippen LogP contribution in [0.1, 0.15) is 15.9 Å². The molecule has 2 N–H and O–H groups in total. The van der Waals surface area contributed by atoms with Gasteiger partial charge in [-0.2, -0.15) is 0 Å². The van der Waals surface area contributed by atoms with Crippen molar-refractivity contribution in [3.05, 3.63) is 60.2 Å². The van der Waals surface area contributed by atoms with E-state index in [1.54, 1.807) is 24.3 Å². The Morgan fingerprint density at radius 3 is 2.75 bits per heavy atom. The molecular formula is C14H12N4O2. The molecule has 6 heteroatoms. The predicted octanol–water partition coefficient (Wildman–Crippen LogP) is 1.99. The van der Waals surface area contributed by atoms with Gasteiger partial charge in [-0.1, -0.05) is 0 Å². The summed E-state index contributed by atoms with van der Waals surface area (Å²) in [6.45, 7) is 0.494. The van der Waals surface area contributed by atoms with Crippen molar-refractivity contribution >= 4 is 5.91 Å². The van der Waals surface area contributed by atoms with Crippen molar-refractivity contribution in [2.75, 3.05) is 0 Å². The molecule has 1 amide bonds. The van der Waals surface area contributed by atoms with Gasteiger partial charge in [-0.05, 0) is 35.9 Å². The number of nitrogens with one attached hydrogen (secondary N) is 2. The number of H-pyrrole nitrogens is 1. The van der Waals surface area contributed by atoms with E-state index >= 15 is 0 Å². The zero-order valence-corrected chi connectivity index (χ0v) is 10.5. The standard InChI is InChI=1S/C14H12N4O2/c19-13(16-8-10-5-6-15-7-10)11-1-3-12(4-2-11)14-18-17-9-20-14/h1-7,9,15H,8H2,(H,16,19). The zero-order chi connectivity index (χ0) is 13.8. The van der Waals surface area contributed by atoms with Crippen LogP contribution in [0.15, 0.2) is 53.5 Å². The highest BCUT2D eigenvalue weighted by Crippen LogP contribution is 2.16. The highest BCUT2D eigenvalue weighted by Gasteiger charge is 2.07. The Morgan fingerprint density at radius 1 is 1.25 bits per heavy atom. The highest BCUT2D eigenvalue weighted by atomic mass is 16.4. The number of carbonyl (C=O) groups is 1. The van der Waals surface area contributed by atoms with Crippen LogP contribution < -0.4 is 5.32 Å². The van der Waals surface area contributed by atoms with Crippen LogP contribution in [0.3, 0.4) is 0 Å². The summed E-state index contributed by atoms with van der Waals surface area (Å²) in [5.41, 5.74) is 2.40. The Kier molecular flexibility index (Phi) is 3.28. The van der Waals surface area contributed by atoms with Gasteiger partial charge in [-0.15, -0.1) is 10.2 Å². The third kappa shape index (κ3) is 2.59. The highest BCUT2D eigenvalue weighted by molar-refractivity contribution is 5.94. The molecule has 0 spiro atoms. The molecule has 2 heterocycles. The molecule has 20 heavy (non-hydrogen) atoms. The SMILES string of the molecule is O=C(NCc1cc[nH]c1)c1ccc(-c2nnco2)cc1. The molecule has 0 bridgehead atoms. The average Bonchev–Trinajstić information content (AvgIpc) is 3.18. The lowest BCUT2D eigenvalue weighted by Gasteiger charge is -2.04. The van der Waals surface area contributed by atoms with Crippen LogP contribution in [-0.4, -0.2) is 21.1 Å². The van der Waals surface area contributed by atoms with E-state index < -0.39 is 0 Å². The monoisotopic (exact) mass is 268 g/mol. The molecule has 0 fully saturated rings. The summed E-state index contributed by atoms with van der Waals surface area (Å²) in [7, 11) is 0. The number of amides is 1. The Hall–Kier alpha value is -2.89. The molecule has 0 saturated heterocycles. The Bertz CT molecular complexity index is 673. The maximum atomic E-state index is 12.0. The fraction of sp³-hybridized carbons (Fsp3) is 0.0714. The average molecular weight is 268 g/mol. The van der Waals surface area contributed by atoms with Crippen molar-refractivity contribution in [1.29, 1.82) is 0 Å². The fourth-order valence-corrected chi connectivity index (χ4v) is 1.82. The Balaban J connectivity index is 1.66. The molecule has 3 rings (SSSR count). The Labute approximate surface area is 114 Å². The number of aromatic amines is 1.